The van der Waals surface area contributed by atoms with Gasteiger partial charge in [0.1, 0.15) is 0 Å². The van der Waals surface area contributed by atoms with Crippen LogP contribution in [0.4, 0.5) is 0 Å². The first-order valence-electron chi connectivity index (χ1n) is 7.22. The van der Waals surface area contributed by atoms with Crippen LogP contribution < -0.4 is 0 Å². The first-order chi connectivity index (χ1) is 8.75. The van der Waals surface area contributed by atoms with Gasteiger partial charge in [-0.2, -0.15) is 0 Å². The number of aliphatic hydroxyl groups is 1. The second-order valence-corrected chi connectivity index (χ2v) is 8.82. The molecule has 1 aromatic carbocycles. The molecule has 1 rings (SSSR count). The summed E-state index contributed by atoms with van der Waals surface area (Å²) in [6.45, 7) is 13.0. The van der Waals surface area contributed by atoms with Crippen molar-refractivity contribution in [3.63, 3.8) is 0 Å². The number of benzene rings is 1. The highest BCUT2D eigenvalue weighted by atomic mass is 28.3. The molecule has 0 aliphatic heterocycles. The van der Waals surface area contributed by atoms with Crippen LogP contribution in [-0.2, 0) is 16.3 Å². The molecule has 108 valence electrons. The molecule has 1 unspecified atom stereocenters. The van der Waals surface area contributed by atoms with Gasteiger partial charge in [0, 0.05) is 5.56 Å². The Labute approximate surface area is 119 Å². The van der Waals surface area contributed by atoms with E-state index in [4.69, 9.17) is 4.43 Å². The largest absolute Gasteiger partial charge is 0.393 e. The van der Waals surface area contributed by atoms with E-state index >= 15 is 0 Å². The minimum absolute atomic E-state index is 0.139. The van der Waals surface area contributed by atoms with Gasteiger partial charge in [0.05, 0.1) is 0 Å². The Kier molecular flexibility index (Phi) is 5.77. The molecule has 2 nitrogen and oxygen atoms in total. The van der Waals surface area contributed by atoms with Gasteiger partial charge in [-0.3, -0.25) is 0 Å². The maximum Gasteiger partial charge on any atom is 0.174 e. The summed E-state index contributed by atoms with van der Waals surface area (Å²) in [4.78, 5) is 0. The molecule has 3 heteroatoms. The molecule has 0 fully saturated rings. The second kappa shape index (κ2) is 6.68. The van der Waals surface area contributed by atoms with Crippen LogP contribution >= 0.6 is 0 Å². The van der Waals surface area contributed by atoms with Crippen molar-refractivity contribution in [3.8, 4) is 0 Å². The number of aliphatic hydroxyl groups excluding tert-OH is 1. The molecule has 0 aliphatic carbocycles. The van der Waals surface area contributed by atoms with Gasteiger partial charge in [-0.05, 0) is 36.1 Å². The van der Waals surface area contributed by atoms with Crippen LogP contribution in [0.5, 0.6) is 0 Å². The molecule has 1 atom stereocenters. The molecule has 0 aliphatic rings. The van der Waals surface area contributed by atoms with E-state index in [2.05, 4.69) is 52.9 Å². The zero-order valence-corrected chi connectivity index (χ0v) is 14.3. The molecule has 0 amide bonds. The van der Waals surface area contributed by atoms with E-state index < -0.39 is 15.3 Å². The lowest BCUT2D eigenvalue weighted by atomic mass is 9.84. The minimum atomic E-state index is -1.23. The Hall–Kier alpha value is -0.643. The quantitative estimate of drug-likeness (QED) is 0.654. The highest BCUT2D eigenvalue weighted by Gasteiger charge is 2.19. The van der Waals surface area contributed by atoms with Crippen molar-refractivity contribution < 1.29 is 9.53 Å². The summed E-state index contributed by atoms with van der Waals surface area (Å²) in [5.41, 5.74) is 3.61. The molecule has 1 aromatic rings. The lowest BCUT2D eigenvalue weighted by Gasteiger charge is -2.23. The highest BCUT2D eigenvalue weighted by molar-refractivity contribution is 6.48. The lowest BCUT2D eigenvalue weighted by molar-refractivity contribution is -0.0218. The fourth-order valence-electron chi connectivity index (χ4n) is 2.13. The molecule has 0 aromatic heterocycles. The van der Waals surface area contributed by atoms with E-state index in [-0.39, 0.29) is 5.41 Å². The Morgan fingerprint density at radius 3 is 2.37 bits per heavy atom. The van der Waals surface area contributed by atoms with Crippen molar-refractivity contribution in [2.75, 3.05) is 0 Å². The molecule has 0 spiro atoms. The van der Waals surface area contributed by atoms with E-state index in [1.807, 2.05) is 6.07 Å². The van der Waals surface area contributed by atoms with Crippen LogP contribution in [0.15, 0.2) is 18.2 Å². The Bertz CT molecular complexity index is 408. The molecule has 19 heavy (non-hydrogen) atoms. The van der Waals surface area contributed by atoms with Gasteiger partial charge in [0.15, 0.2) is 15.3 Å². The average molecular weight is 280 g/mol. The number of hydrogen-bond acceptors (Lipinski definition) is 2. The van der Waals surface area contributed by atoms with Crippen LogP contribution in [-0.4, -0.2) is 14.1 Å². The predicted molar refractivity (Wildman–Crippen MR) is 84.1 cm³/mol. The molecule has 0 radical (unpaired) electrons. The van der Waals surface area contributed by atoms with Crippen molar-refractivity contribution in [1.29, 1.82) is 0 Å². The van der Waals surface area contributed by atoms with Crippen molar-refractivity contribution in [3.05, 3.63) is 34.9 Å². The molecular formula is C16H28O2Si. The third-order valence-electron chi connectivity index (χ3n) is 3.20. The molecule has 1 N–H and O–H groups in total. The van der Waals surface area contributed by atoms with Gasteiger partial charge in [-0.15, -0.1) is 0 Å². The van der Waals surface area contributed by atoms with Gasteiger partial charge in [0.25, 0.3) is 0 Å². The summed E-state index contributed by atoms with van der Waals surface area (Å²) in [6, 6.07) is 6.38. The average Bonchev–Trinajstić information content (AvgIpc) is 2.27. The van der Waals surface area contributed by atoms with Crippen LogP contribution in [0.25, 0.3) is 0 Å². The zero-order valence-electron chi connectivity index (χ0n) is 13.2. The maximum absolute atomic E-state index is 10.2. The lowest BCUT2D eigenvalue weighted by Crippen LogP contribution is -2.17. The summed E-state index contributed by atoms with van der Waals surface area (Å²) < 4.78 is 5.64. The first kappa shape index (κ1) is 16.4. The number of rotatable bonds is 5. The number of hydrogen-bond donors (Lipinski definition) is 1. The Balaban J connectivity index is 3.11. The van der Waals surface area contributed by atoms with Crippen molar-refractivity contribution in [2.45, 2.75) is 65.3 Å². The Morgan fingerprint density at radius 2 is 1.89 bits per heavy atom. The van der Waals surface area contributed by atoms with Crippen LogP contribution in [0.1, 0.15) is 57.1 Å². The van der Waals surface area contributed by atoms with E-state index in [1.54, 1.807) is 0 Å². The van der Waals surface area contributed by atoms with Crippen molar-refractivity contribution in [1.82, 2.24) is 0 Å². The van der Waals surface area contributed by atoms with E-state index in [0.717, 1.165) is 18.4 Å². The van der Waals surface area contributed by atoms with Crippen molar-refractivity contribution in [2.24, 2.45) is 0 Å². The van der Waals surface area contributed by atoms with Gasteiger partial charge >= 0.3 is 0 Å². The minimum Gasteiger partial charge on any atom is -0.393 e. The summed E-state index contributed by atoms with van der Waals surface area (Å²) in [6.07, 6.45) is 1.30. The van der Waals surface area contributed by atoms with Crippen LogP contribution in [0.3, 0.4) is 0 Å². The summed E-state index contributed by atoms with van der Waals surface area (Å²) in [5, 5.41) is 10.2. The SMILES string of the molecule is CCCc1cc(C(C)(C)C)ccc1C(O)O[SiH](C)C. The summed E-state index contributed by atoms with van der Waals surface area (Å²) in [7, 11) is -1.23. The topological polar surface area (TPSA) is 29.5 Å². The van der Waals surface area contributed by atoms with Crippen LogP contribution in [0.2, 0.25) is 13.1 Å². The normalized spacial score (nSPS) is 13.9. The first-order valence-corrected chi connectivity index (χ1v) is 10.0. The third-order valence-corrected chi connectivity index (χ3v) is 4.00. The maximum atomic E-state index is 10.2. The van der Waals surface area contributed by atoms with E-state index in [0.29, 0.717) is 0 Å². The van der Waals surface area contributed by atoms with Gasteiger partial charge < -0.3 is 9.53 Å². The fourth-order valence-corrected chi connectivity index (χ4v) is 2.79. The highest BCUT2D eigenvalue weighted by Crippen LogP contribution is 2.28. The molecule has 0 saturated heterocycles. The monoisotopic (exact) mass is 280 g/mol. The van der Waals surface area contributed by atoms with Gasteiger partial charge in [-0.1, -0.05) is 52.3 Å². The van der Waals surface area contributed by atoms with E-state index in [9.17, 15) is 5.11 Å². The fraction of sp³-hybridized carbons (Fsp3) is 0.625. The third kappa shape index (κ3) is 4.75. The van der Waals surface area contributed by atoms with Gasteiger partial charge in [-0.25, -0.2) is 0 Å². The van der Waals surface area contributed by atoms with Crippen LogP contribution in [0, 0.1) is 0 Å². The molecular weight excluding hydrogens is 252 g/mol. The van der Waals surface area contributed by atoms with E-state index in [1.165, 1.54) is 11.1 Å². The van der Waals surface area contributed by atoms with Crippen molar-refractivity contribution >= 4 is 9.04 Å². The molecule has 0 bridgehead atoms. The summed E-state index contributed by atoms with van der Waals surface area (Å²) >= 11 is 0. The number of aryl methyl sites for hydroxylation is 1. The van der Waals surface area contributed by atoms with Gasteiger partial charge in [0.2, 0.25) is 0 Å². The molecule has 0 heterocycles. The predicted octanol–water partition coefficient (Wildman–Crippen LogP) is 3.93. The second-order valence-electron chi connectivity index (χ2n) is 6.45. The Morgan fingerprint density at radius 1 is 1.26 bits per heavy atom. The summed E-state index contributed by atoms with van der Waals surface area (Å²) in [5.74, 6) is 0. The molecule has 0 saturated carbocycles. The standard InChI is InChI=1S/C16H28O2Si/c1-7-8-12-11-13(16(2,3)4)9-10-14(12)15(17)18-19(5)6/h9-11,15,17,19H,7-8H2,1-6H3. The zero-order chi connectivity index (χ0) is 14.6. The smallest absolute Gasteiger partial charge is 0.174 e.